The zero-order chi connectivity index (χ0) is 20.1. The molecule has 1 unspecified atom stereocenters. The molecule has 2 aromatic rings. The Balaban J connectivity index is 1.66. The van der Waals surface area contributed by atoms with Crippen LogP contribution >= 0.6 is 0 Å². The normalized spacial score (nSPS) is 18.6. The molecule has 152 valence electrons. The Morgan fingerprint density at radius 1 is 1.43 bits per heavy atom. The number of likely N-dealkylation sites (N-methyl/N-ethyl adjacent to an activating group) is 1. The lowest BCUT2D eigenvalue weighted by molar-refractivity contribution is -0.135. The summed E-state index contributed by atoms with van der Waals surface area (Å²) in [6.45, 7) is 2.74. The quantitative estimate of drug-likeness (QED) is 0.660. The summed E-state index contributed by atoms with van der Waals surface area (Å²) >= 11 is 0. The summed E-state index contributed by atoms with van der Waals surface area (Å²) in [5, 5.41) is 3.81. The molecular formula is C17H23N5O5S. The molecule has 1 fully saturated rings. The highest BCUT2D eigenvalue weighted by Crippen LogP contribution is 2.19. The smallest absolute Gasteiger partial charge is 0.244 e. The van der Waals surface area contributed by atoms with Gasteiger partial charge in [-0.1, -0.05) is 5.16 Å². The van der Waals surface area contributed by atoms with E-state index in [1.54, 1.807) is 24.9 Å². The molecule has 0 aliphatic carbocycles. The lowest BCUT2D eigenvalue weighted by Crippen LogP contribution is -2.43. The molecule has 3 heterocycles. The summed E-state index contributed by atoms with van der Waals surface area (Å²) in [5.41, 5.74) is 0. The first kappa shape index (κ1) is 20.4. The summed E-state index contributed by atoms with van der Waals surface area (Å²) in [5.74, 6) is 0.215. The van der Waals surface area contributed by atoms with Crippen molar-refractivity contribution in [1.29, 1.82) is 0 Å². The monoisotopic (exact) mass is 409 g/mol. The Morgan fingerprint density at radius 2 is 2.25 bits per heavy atom. The Kier molecular flexibility index (Phi) is 6.37. The van der Waals surface area contributed by atoms with E-state index in [0.29, 0.717) is 24.7 Å². The molecule has 1 atom stereocenters. The largest absolute Gasteiger partial charge is 0.379 e. The zero-order valence-corrected chi connectivity index (χ0v) is 16.6. The van der Waals surface area contributed by atoms with Crippen LogP contribution in [-0.4, -0.2) is 78.6 Å². The van der Waals surface area contributed by atoms with Crippen LogP contribution in [0, 0.1) is 12.8 Å². The maximum Gasteiger partial charge on any atom is 0.244 e. The Labute approximate surface area is 163 Å². The third-order valence-corrected chi connectivity index (χ3v) is 6.31. The van der Waals surface area contributed by atoms with Crippen molar-refractivity contribution in [1.82, 2.24) is 24.3 Å². The topological polar surface area (TPSA) is 119 Å². The number of aromatic nitrogens is 3. The van der Waals surface area contributed by atoms with Crippen molar-refractivity contribution in [3.05, 3.63) is 36.2 Å². The molecule has 1 amide bonds. The van der Waals surface area contributed by atoms with Crippen LogP contribution in [0.15, 0.2) is 33.9 Å². The molecule has 0 saturated carbocycles. The average Bonchev–Trinajstić information content (AvgIpc) is 2.96. The standard InChI is InChI=1S/C17H23N5O5S/c1-13-19-16(20-27-13)5-7-21(2)17(23)14-11-22(8-9-26-12-14)28(24,25)15-4-3-6-18-10-15/h3-4,6,10,14H,5,7-9,11-12H2,1-2H3. The maximum absolute atomic E-state index is 12.9. The summed E-state index contributed by atoms with van der Waals surface area (Å²) in [4.78, 5) is 22.5. The first-order valence-corrected chi connectivity index (χ1v) is 10.3. The van der Waals surface area contributed by atoms with Crippen molar-refractivity contribution in [2.45, 2.75) is 18.2 Å². The number of aryl methyl sites for hydroxylation is 1. The minimum Gasteiger partial charge on any atom is -0.379 e. The predicted octanol–water partition coefficient (Wildman–Crippen LogP) is 0.111. The van der Waals surface area contributed by atoms with Crippen LogP contribution in [0.4, 0.5) is 0 Å². The first-order chi connectivity index (χ1) is 13.4. The van der Waals surface area contributed by atoms with E-state index in [0.717, 1.165) is 0 Å². The van der Waals surface area contributed by atoms with Crippen LogP contribution in [0.5, 0.6) is 0 Å². The number of carbonyl (C=O) groups is 1. The van der Waals surface area contributed by atoms with Crippen LogP contribution in [0.25, 0.3) is 0 Å². The third kappa shape index (κ3) is 4.72. The van der Waals surface area contributed by atoms with Gasteiger partial charge in [0, 0.05) is 52.4 Å². The van der Waals surface area contributed by atoms with E-state index in [1.807, 2.05) is 0 Å². The number of pyridine rings is 1. The summed E-state index contributed by atoms with van der Waals surface area (Å²) in [6, 6.07) is 3.06. The second-order valence-corrected chi connectivity index (χ2v) is 8.50. The number of hydrogen-bond donors (Lipinski definition) is 0. The summed E-state index contributed by atoms with van der Waals surface area (Å²) in [6.07, 6.45) is 3.26. The van der Waals surface area contributed by atoms with Gasteiger partial charge < -0.3 is 14.2 Å². The van der Waals surface area contributed by atoms with Crippen molar-refractivity contribution < 1.29 is 22.5 Å². The van der Waals surface area contributed by atoms with E-state index in [1.165, 1.54) is 22.8 Å². The number of nitrogens with zero attached hydrogens (tertiary/aromatic N) is 5. The van der Waals surface area contributed by atoms with Gasteiger partial charge in [-0.3, -0.25) is 9.78 Å². The molecule has 0 spiro atoms. The van der Waals surface area contributed by atoms with Gasteiger partial charge in [-0.2, -0.15) is 9.29 Å². The van der Waals surface area contributed by atoms with E-state index < -0.39 is 15.9 Å². The van der Waals surface area contributed by atoms with Crippen molar-refractivity contribution >= 4 is 15.9 Å². The molecule has 0 bridgehead atoms. The van der Waals surface area contributed by atoms with Gasteiger partial charge in [0.1, 0.15) is 4.90 Å². The lowest BCUT2D eigenvalue weighted by atomic mass is 10.1. The van der Waals surface area contributed by atoms with E-state index in [9.17, 15) is 13.2 Å². The minimum absolute atomic E-state index is 0.0573. The highest BCUT2D eigenvalue weighted by molar-refractivity contribution is 7.89. The number of carbonyl (C=O) groups excluding carboxylic acids is 1. The fraction of sp³-hybridized carbons (Fsp3) is 0.529. The van der Waals surface area contributed by atoms with E-state index in [4.69, 9.17) is 9.26 Å². The first-order valence-electron chi connectivity index (χ1n) is 8.90. The molecule has 10 nitrogen and oxygen atoms in total. The molecule has 11 heteroatoms. The van der Waals surface area contributed by atoms with Gasteiger partial charge in [0.25, 0.3) is 0 Å². The fourth-order valence-corrected chi connectivity index (χ4v) is 4.36. The molecule has 0 aromatic carbocycles. The van der Waals surface area contributed by atoms with Crippen molar-refractivity contribution in [3.8, 4) is 0 Å². The fourth-order valence-electron chi connectivity index (χ4n) is 2.93. The molecule has 0 radical (unpaired) electrons. The molecular weight excluding hydrogens is 386 g/mol. The zero-order valence-electron chi connectivity index (χ0n) is 15.8. The SMILES string of the molecule is Cc1nc(CCN(C)C(=O)C2COCCN(S(=O)(=O)c3cccnc3)C2)no1. The van der Waals surface area contributed by atoms with Gasteiger partial charge in [0.2, 0.25) is 21.8 Å². The predicted molar refractivity (Wildman–Crippen MR) is 97.7 cm³/mol. The van der Waals surface area contributed by atoms with Crippen LogP contribution in [0.2, 0.25) is 0 Å². The van der Waals surface area contributed by atoms with E-state index in [-0.39, 0.29) is 37.1 Å². The van der Waals surface area contributed by atoms with Crippen LogP contribution in [0.3, 0.4) is 0 Å². The maximum atomic E-state index is 12.9. The van der Waals surface area contributed by atoms with Crippen molar-refractivity contribution in [2.75, 3.05) is 39.9 Å². The summed E-state index contributed by atoms with van der Waals surface area (Å²) in [7, 11) is -2.08. The van der Waals surface area contributed by atoms with Crippen molar-refractivity contribution in [3.63, 3.8) is 0 Å². The molecule has 28 heavy (non-hydrogen) atoms. The molecule has 1 aliphatic rings. The van der Waals surface area contributed by atoms with Gasteiger partial charge in [-0.25, -0.2) is 8.42 Å². The molecule has 2 aromatic heterocycles. The van der Waals surface area contributed by atoms with E-state index >= 15 is 0 Å². The van der Waals surface area contributed by atoms with Gasteiger partial charge in [0.05, 0.1) is 19.1 Å². The van der Waals surface area contributed by atoms with Crippen LogP contribution in [0.1, 0.15) is 11.7 Å². The van der Waals surface area contributed by atoms with Gasteiger partial charge in [-0.15, -0.1) is 0 Å². The van der Waals surface area contributed by atoms with Gasteiger partial charge >= 0.3 is 0 Å². The lowest BCUT2D eigenvalue weighted by Gasteiger charge is -2.25. The van der Waals surface area contributed by atoms with Crippen LogP contribution < -0.4 is 0 Å². The van der Waals surface area contributed by atoms with Gasteiger partial charge in [-0.05, 0) is 12.1 Å². The highest BCUT2D eigenvalue weighted by atomic mass is 32.2. The number of ether oxygens (including phenoxy) is 1. The highest BCUT2D eigenvalue weighted by Gasteiger charge is 2.33. The molecule has 0 N–H and O–H groups in total. The molecule has 3 rings (SSSR count). The third-order valence-electron chi connectivity index (χ3n) is 4.47. The number of amides is 1. The van der Waals surface area contributed by atoms with E-state index in [2.05, 4.69) is 15.1 Å². The Hall–Kier alpha value is -2.37. The average molecular weight is 409 g/mol. The number of sulfonamides is 1. The Bertz CT molecular complexity index is 902. The minimum atomic E-state index is -3.74. The summed E-state index contributed by atoms with van der Waals surface area (Å²) < 4.78 is 37.4. The van der Waals surface area contributed by atoms with Crippen molar-refractivity contribution in [2.24, 2.45) is 5.92 Å². The number of hydrogen-bond acceptors (Lipinski definition) is 8. The second-order valence-electron chi connectivity index (χ2n) is 6.56. The van der Waals surface area contributed by atoms with Gasteiger partial charge in [0.15, 0.2) is 5.82 Å². The second kappa shape index (κ2) is 8.76. The number of rotatable bonds is 6. The molecule has 1 aliphatic heterocycles. The van der Waals surface area contributed by atoms with Crippen LogP contribution in [-0.2, 0) is 26.0 Å². The molecule has 1 saturated heterocycles. The Morgan fingerprint density at radius 3 is 2.93 bits per heavy atom.